The standard InChI is InChI=1S/C22H26N4O2/c1-25(2)12-7-13-26-21(20(16-24-26)17-8-5-4-6-9-17)14-18-15-23-11-10-19(18)22(27)28-3/h4-6,8-11,15-16H,7,12-14H2,1-3H3. The average molecular weight is 378 g/mol. The Hall–Kier alpha value is -2.99. The van der Waals surface area contributed by atoms with Crippen LogP contribution in [0.5, 0.6) is 0 Å². The van der Waals surface area contributed by atoms with E-state index in [4.69, 9.17) is 4.74 Å². The number of ether oxygens (including phenoxy) is 1. The molecular weight excluding hydrogens is 352 g/mol. The highest BCUT2D eigenvalue weighted by molar-refractivity contribution is 5.91. The largest absolute Gasteiger partial charge is 0.465 e. The Labute approximate surface area is 165 Å². The van der Waals surface area contributed by atoms with Gasteiger partial charge in [0.25, 0.3) is 0 Å². The fourth-order valence-corrected chi connectivity index (χ4v) is 3.24. The van der Waals surface area contributed by atoms with Crippen molar-refractivity contribution in [1.82, 2.24) is 19.7 Å². The molecule has 0 aliphatic carbocycles. The van der Waals surface area contributed by atoms with E-state index in [0.29, 0.717) is 12.0 Å². The lowest BCUT2D eigenvalue weighted by molar-refractivity contribution is 0.0599. The Morgan fingerprint density at radius 2 is 1.93 bits per heavy atom. The number of rotatable bonds is 8. The van der Waals surface area contributed by atoms with Crippen molar-refractivity contribution in [2.75, 3.05) is 27.7 Å². The van der Waals surface area contributed by atoms with E-state index in [2.05, 4.69) is 41.2 Å². The van der Waals surface area contributed by atoms with E-state index >= 15 is 0 Å². The smallest absolute Gasteiger partial charge is 0.338 e. The molecule has 1 aromatic carbocycles. The average Bonchev–Trinajstić information content (AvgIpc) is 3.10. The van der Waals surface area contributed by atoms with Crippen LogP contribution in [0.15, 0.2) is 55.0 Å². The molecule has 0 atom stereocenters. The Morgan fingerprint density at radius 1 is 1.14 bits per heavy atom. The van der Waals surface area contributed by atoms with Crippen LogP contribution < -0.4 is 0 Å². The predicted molar refractivity (Wildman–Crippen MR) is 109 cm³/mol. The van der Waals surface area contributed by atoms with Crippen molar-refractivity contribution in [2.24, 2.45) is 0 Å². The van der Waals surface area contributed by atoms with E-state index in [-0.39, 0.29) is 5.97 Å². The molecule has 0 unspecified atom stereocenters. The molecule has 0 saturated carbocycles. The Bertz CT molecular complexity index is 919. The van der Waals surface area contributed by atoms with Gasteiger partial charge in [-0.15, -0.1) is 0 Å². The number of aryl methyl sites for hydroxylation is 1. The van der Waals surface area contributed by atoms with Gasteiger partial charge >= 0.3 is 5.97 Å². The number of esters is 1. The summed E-state index contributed by atoms with van der Waals surface area (Å²) in [4.78, 5) is 18.6. The lowest BCUT2D eigenvalue weighted by Gasteiger charge is -2.14. The van der Waals surface area contributed by atoms with E-state index in [9.17, 15) is 4.79 Å². The van der Waals surface area contributed by atoms with Crippen LogP contribution in [0.1, 0.15) is 28.0 Å². The molecule has 6 heteroatoms. The second-order valence-corrected chi connectivity index (χ2v) is 6.95. The van der Waals surface area contributed by atoms with Crippen LogP contribution in [-0.2, 0) is 17.7 Å². The molecule has 0 N–H and O–H groups in total. The number of aromatic nitrogens is 3. The molecule has 6 nitrogen and oxygen atoms in total. The second kappa shape index (κ2) is 9.28. The van der Waals surface area contributed by atoms with Gasteiger partial charge in [0, 0.05) is 30.9 Å². The van der Waals surface area contributed by atoms with Crippen molar-refractivity contribution in [2.45, 2.75) is 19.4 Å². The first kappa shape index (κ1) is 19.8. The molecule has 3 rings (SSSR count). The van der Waals surface area contributed by atoms with Crippen LogP contribution in [0.25, 0.3) is 11.1 Å². The maximum absolute atomic E-state index is 12.2. The Kier molecular flexibility index (Phi) is 6.55. The number of benzene rings is 1. The van der Waals surface area contributed by atoms with Gasteiger partial charge in [0.05, 0.1) is 24.6 Å². The minimum Gasteiger partial charge on any atom is -0.465 e. The zero-order chi connectivity index (χ0) is 19.9. The maximum Gasteiger partial charge on any atom is 0.338 e. The number of methoxy groups -OCH3 is 1. The zero-order valence-electron chi connectivity index (χ0n) is 16.6. The molecule has 0 saturated heterocycles. The molecule has 0 bridgehead atoms. The molecule has 28 heavy (non-hydrogen) atoms. The van der Waals surface area contributed by atoms with Crippen LogP contribution >= 0.6 is 0 Å². The van der Waals surface area contributed by atoms with Gasteiger partial charge in [0.1, 0.15) is 0 Å². The highest BCUT2D eigenvalue weighted by Gasteiger charge is 2.18. The summed E-state index contributed by atoms with van der Waals surface area (Å²) < 4.78 is 6.98. The predicted octanol–water partition coefficient (Wildman–Crippen LogP) is 3.27. The summed E-state index contributed by atoms with van der Waals surface area (Å²) in [7, 11) is 5.53. The van der Waals surface area contributed by atoms with E-state index < -0.39 is 0 Å². The van der Waals surface area contributed by atoms with Gasteiger partial charge in [-0.3, -0.25) is 9.67 Å². The molecule has 0 radical (unpaired) electrons. The number of carbonyl (C=O) groups is 1. The number of hydrogen-bond acceptors (Lipinski definition) is 5. The van der Waals surface area contributed by atoms with Crippen molar-refractivity contribution in [3.63, 3.8) is 0 Å². The third-order valence-electron chi connectivity index (χ3n) is 4.68. The lowest BCUT2D eigenvalue weighted by Crippen LogP contribution is -2.17. The molecule has 2 heterocycles. The van der Waals surface area contributed by atoms with Gasteiger partial charge in [0.2, 0.25) is 0 Å². The summed E-state index contributed by atoms with van der Waals surface area (Å²) >= 11 is 0. The van der Waals surface area contributed by atoms with Gasteiger partial charge in [-0.05, 0) is 44.3 Å². The Morgan fingerprint density at radius 3 is 2.64 bits per heavy atom. The fraction of sp³-hybridized carbons (Fsp3) is 0.318. The molecular formula is C22H26N4O2. The zero-order valence-corrected chi connectivity index (χ0v) is 16.6. The number of pyridine rings is 1. The summed E-state index contributed by atoms with van der Waals surface area (Å²) in [6, 6.07) is 11.9. The van der Waals surface area contributed by atoms with Crippen molar-refractivity contribution in [3.05, 3.63) is 71.8 Å². The maximum atomic E-state index is 12.2. The molecule has 2 aromatic heterocycles. The number of hydrogen-bond donors (Lipinski definition) is 0. The molecule has 0 aliphatic heterocycles. The summed E-state index contributed by atoms with van der Waals surface area (Å²) in [5.41, 5.74) is 4.63. The van der Waals surface area contributed by atoms with E-state index in [1.54, 1.807) is 18.5 Å². The first-order chi connectivity index (χ1) is 13.6. The van der Waals surface area contributed by atoms with Gasteiger partial charge in [0.15, 0.2) is 0 Å². The van der Waals surface area contributed by atoms with Crippen molar-refractivity contribution < 1.29 is 9.53 Å². The molecule has 0 fully saturated rings. The third-order valence-corrected chi connectivity index (χ3v) is 4.68. The van der Waals surface area contributed by atoms with Crippen molar-refractivity contribution >= 4 is 5.97 Å². The first-order valence-electron chi connectivity index (χ1n) is 9.36. The van der Waals surface area contributed by atoms with Crippen LogP contribution in [0.2, 0.25) is 0 Å². The number of nitrogens with zero attached hydrogens (tertiary/aromatic N) is 4. The fourth-order valence-electron chi connectivity index (χ4n) is 3.24. The number of carbonyl (C=O) groups excluding carboxylic acids is 1. The van der Waals surface area contributed by atoms with Crippen LogP contribution in [0.4, 0.5) is 0 Å². The van der Waals surface area contributed by atoms with Gasteiger partial charge in [-0.25, -0.2) is 4.79 Å². The molecule has 0 aliphatic rings. The SMILES string of the molecule is COC(=O)c1ccncc1Cc1c(-c2ccccc2)cnn1CCCN(C)C. The highest BCUT2D eigenvalue weighted by Crippen LogP contribution is 2.26. The van der Waals surface area contributed by atoms with Gasteiger partial charge in [-0.2, -0.15) is 5.10 Å². The minimum absolute atomic E-state index is 0.350. The van der Waals surface area contributed by atoms with Crippen LogP contribution in [-0.4, -0.2) is 53.4 Å². The molecule has 3 aromatic rings. The second-order valence-electron chi connectivity index (χ2n) is 6.95. The van der Waals surface area contributed by atoms with Gasteiger partial charge < -0.3 is 9.64 Å². The monoisotopic (exact) mass is 378 g/mol. The van der Waals surface area contributed by atoms with E-state index in [1.807, 2.05) is 29.1 Å². The lowest BCUT2D eigenvalue weighted by atomic mass is 9.99. The Balaban J connectivity index is 1.98. The highest BCUT2D eigenvalue weighted by atomic mass is 16.5. The summed E-state index contributed by atoms with van der Waals surface area (Å²) in [6.45, 7) is 1.80. The van der Waals surface area contributed by atoms with Gasteiger partial charge in [-0.1, -0.05) is 30.3 Å². The van der Waals surface area contributed by atoms with Crippen molar-refractivity contribution in [1.29, 1.82) is 0 Å². The topological polar surface area (TPSA) is 60.2 Å². The van der Waals surface area contributed by atoms with Crippen molar-refractivity contribution in [3.8, 4) is 11.1 Å². The first-order valence-corrected chi connectivity index (χ1v) is 9.36. The van der Waals surface area contributed by atoms with Crippen LogP contribution in [0, 0.1) is 0 Å². The normalized spacial score (nSPS) is 11.0. The van der Waals surface area contributed by atoms with E-state index in [0.717, 1.165) is 41.9 Å². The molecule has 0 spiro atoms. The van der Waals surface area contributed by atoms with E-state index in [1.165, 1.54) is 7.11 Å². The summed E-state index contributed by atoms with van der Waals surface area (Å²) in [6.07, 6.45) is 6.81. The summed E-state index contributed by atoms with van der Waals surface area (Å²) in [5, 5.41) is 4.64. The quantitative estimate of drug-likeness (QED) is 0.563. The van der Waals surface area contributed by atoms with Crippen LogP contribution in [0.3, 0.4) is 0 Å². The third kappa shape index (κ3) is 4.64. The molecule has 146 valence electrons. The molecule has 0 amide bonds. The summed E-state index contributed by atoms with van der Waals surface area (Å²) in [5.74, 6) is -0.350. The minimum atomic E-state index is -0.350.